The van der Waals surface area contributed by atoms with Gasteiger partial charge in [0, 0.05) is 10.0 Å². The van der Waals surface area contributed by atoms with Crippen LogP contribution in [0.1, 0.15) is 0 Å². The average Bonchev–Trinajstić information content (AvgIpc) is 2.38. The van der Waals surface area contributed by atoms with Crippen molar-refractivity contribution >= 4 is 63.8 Å². The zero-order valence-electron chi connectivity index (χ0n) is 9.37. The summed E-state index contributed by atoms with van der Waals surface area (Å²) in [5, 5.41) is 1.99. The highest BCUT2D eigenvalue weighted by Gasteiger charge is 2.00. The summed E-state index contributed by atoms with van der Waals surface area (Å²) < 4.78 is 0. The monoisotopic (exact) mass is 330 g/mol. The predicted molar refractivity (Wildman–Crippen MR) is 82.1 cm³/mol. The fourth-order valence-electron chi connectivity index (χ4n) is 1.28. The van der Waals surface area contributed by atoms with Crippen molar-refractivity contribution in [2.24, 2.45) is 9.98 Å². The number of rotatable bonds is 2. The Kier molecular flexibility index (Phi) is 4.87. The van der Waals surface area contributed by atoms with Crippen molar-refractivity contribution in [2.75, 3.05) is 0 Å². The summed E-state index contributed by atoms with van der Waals surface area (Å²) in [7, 11) is 0. The van der Waals surface area contributed by atoms with Gasteiger partial charge in [0.25, 0.3) is 0 Å². The summed E-state index contributed by atoms with van der Waals surface area (Å²) >= 11 is 23.6. The second-order valence-electron chi connectivity index (χ2n) is 3.52. The molecule has 0 N–H and O–H groups in total. The van der Waals surface area contributed by atoms with Gasteiger partial charge in [0.1, 0.15) is 6.01 Å². The molecule has 2 nitrogen and oxygen atoms in total. The molecule has 6 heteroatoms. The maximum Gasteiger partial charge on any atom is 0.101 e. The maximum absolute atomic E-state index is 5.95. The summed E-state index contributed by atoms with van der Waals surface area (Å²) in [6.45, 7) is 0. The van der Waals surface area contributed by atoms with E-state index in [1.807, 2.05) is 0 Å². The van der Waals surface area contributed by atoms with E-state index in [9.17, 15) is 0 Å². The number of aliphatic imine (C=N–C) groups is 2. The molecule has 2 aromatic carbocycles. The molecule has 0 heterocycles. The van der Waals surface area contributed by atoms with E-state index in [2.05, 4.69) is 16.0 Å². The van der Waals surface area contributed by atoms with Gasteiger partial charge in [-0.05, 0) is 36.4 Å². The zero-order valence-corrected chi connectivity index (χ0v) is 12.4. The highest BCUT2D eigenvalue weighted by atomic mass is 35.5. The van der Waals surface area contributed by atoms with Crippen LogP contribution in [0, 0.1) is 0 Å². The normalized spacial score (nSPS) is 9.89. The lowest BCUT2D eigenvalue weighted by molar-refractivity contribution is 1.49. The summed E-state index contributed by atoms with van der Waals surface area (Å²) in [5.74, 6) is 0. The first-order valence-corrected chi connectivity index (χ1v) is 6.64. The Bertz CT molecular complexity index is 621. The quantitative estimate of drug-likeness (QED) is 0.566. The molecule has 0 saturated heterocycles. The predicted octanol–water partition coefficient (Wildman–Crippen LogP) is 6.44. The van der Waals surface area contributed by atoms with Crippen molar-refractivity contribution in [3.8, 4) is 0 Å². The third-order valence-corrected chi connectivity index (χ3v) is 3.27. The number of halogens is 4. The molecule has 0 bridgehead atoms. The minimum Gasteiger partial charge on any atom is -0.186 e. The van der Waals surface area contributed by atoms with Crippen molar-refractivity contribution in [3.05, 3.63) is 56.5 Å². The maximum atomic E-state index is 5.95. The lowest BCUT2D eigenvalue weighted by Gasteiger charge is -1.97. The van der Waals surface area contributed by atoms with Gasteiger partial charge in [-0.2, -0.15) is 9.98 Å². The Balaban J connectivity index is 2.34. The molecule has 0 spiro atoms. The van der Waals surface area contributed by atoms with Gasteiger partial charge in [0.05, 0.1) is 21.4 Å². The minimum absolute atomic E-state index is 0.462. The zero-order chi connectivity index (χ0) is 13.8. The molecule has 0 saturated carbocycles. The van der Waals surface area contributed by atoms with Crippen molar-refractivity contribution in [1.29, 1.82) is 0 Å². The molecule has 96 valence electrons. The first-order valence-electron chi connectivity index (χ1n) is 5.13. The van der Waals surface area contributed by atoms with Crippen LogP contribution in [-0.4, -0.2) is 6.01 Å². The molecular weight excluding hydrogens is 326 g/mol. The van der Waals surface area contributed by atoms with Gasteiger partial charge in [0.2, 0.25) is 0 Å². The second kappa shape index (κ2) is 6.42. The van der Waals surface area contributed by atoms with E-state index < -0.39 is 0 Å². The molecule has 0 amide bonds. The van der Waals surface area contributed by atoms with Crippen LogP contribution in [0.2, 0.25) is 20.1 Å². The van der Waals surface area contributed by atoms with Crippen LogP contribution >= 0.6 is 46.4 Å². The third kappa shape index (κ3) is 3.97. The van der Waals surface area contributed by atoms with Crippen molar-refractivity contribution in [1.82, 2.24) is 0 Å². The highest BCUT2D eigenvalue weighted by molar-refractivity contribution is 6.35. The van der Waals surface area contributed by atoms with Gasteiger partial charge in [-0.1, -0.05) is 46.4 Å². The molecule has 0 aliphatic carbocycles. The molecule has 2 aromatic rings. The lowest BCUT2D eigenvalue weighted by Crippen LogP contribution is -1.71. The Morgan fingerprint density at radius 3 is 1.53 bits per heavy atom. The highest BCUT2D eigenvalue weighted by Crippen LogP contribution is 2.29. The number of hydrogen-bond acceptors (Lipinski definition) is 2. The van der Waals surface area contributed by atoms with Crippen molar-refractivity contribution < 1.29 is 0 Å². The van der Waals surface area contributed by atoms with Crippen LogP contribution in [0.3, 0.4) is 0 Å². The Morgan fingerprint density at radius 2 is 1.11 bits per heavy atom. The number of nitrogens with zero attached hydrogens (tertiary/aromatic N) is 2. The first kappa shape index (κ1) is 14.4. The molecule has 0 atom stereocenters. The van der Waals surface area contributed by atoms with Gasteiger partial charge in [-0.15, -0.1) is 0 Å². The van der Waals surface area contributed by atoms with Crippen LogP contribution in [0.5, 0.6) is 0 Å². The second-order valence-corrected chi connectivity index (χ2v) is 5.20. The van der Waals surface area contributed by atoms with Crippen LogP contribution in [0.25, 0.3) is 0 Å². The van der Waals surface area contributed by atoms with E-state index in [1.165, 1.54) is 0 Å². The topological polar surface area (TPSA) is 24.7 Å². The summed E-state index contributed by atoms with van der Waals surface area (Å²) in [5.41, 5.74) is 0.965. The summed E-state index contributed by atoms with van der Waals surface area (Å²) in [4.78, 5) is 8.00. The molecule has 0 aliphatic heterocycles. The molecule has 0 aromatic heterocycles. The SMILES string of the molecule is Clc1ccc(Cl)c(N=C=Nc2cc(Cl)ccc2Cl)c1. The van der Waals surface area contributed by atoms with Gasteiger partial charge < -0.3 is 0 Å². The van der Waals surface area contributed by atoms with E-state index in [0.29, 0.717) is 31.5 Å². The van der Waals surface area contributed by atoms with Crippen molar-refractivity contribution in [2.45, 2.75) is 0 Å². The molecule has 0 fully saturated rings. The van der Waals surface area contributed by atoms with E-state index in [0.717, 1.165) is 0 Å². The first-order chi connectivity index (χ1) is 9.06. The van der Waals surface area contributed by atoms with E-state index >= 15 is 0 Å². The summed E-state index contributed by atoms with van der Waals surface area (Å²) in [6, 6.07) is 12.4. The van der Waals surface area contributed by atoms with Gasteiger partial charge in [-0.25, -0.2) is 0 Å². The van der Waals surface area contributed by atoms with E-state index in [-0.39, 0.29) is 0 Å². The molecular formula is C13H6Cl4N2. The standard InChI is InChI=1S/C13H6Cl4N2/c14-8-1-3-10(16)12(5-8)18-7-19-13-6-9(15)2-4-11(13)17/h1-6H. The molecule has 0 aliphatic rings. The Hall–Kier alpha value is -1.02. The van der Waals surface area contributed by atoms with Crippen LogP contribution in [0.4, 0.5) is 11.4 Å². The van der Waals surface area contributed by atoms with Crippen molar-refractivity contribution in [3.63, 3.8) is 0 Å². The van der Waals surface area contributed by atoms with Gasteiger partial charge in [-0.3, -0.25) is 0 Å². The molecule has 0 radical (unpaired) electrons. The average molecular weight is 332 g/mol. The third-order valence-electron chi connectivity index (χ3n) is 2.16. The van der Waals surface area contributed by atoms with Gasteiger partial charge >= 0.3 is 0 Å². The largest absolute Gasteiger partial charge is 0.186 e. The fourth-order valence-corrected chi connectivity index (χ4v) is 1.93. The molecule has 0 unspecified atom stereocenters. The van der Waals surface area contributed by atoms with Crippen LogP contribution in [-0.2, 0) is 0 Å². The van der Waals surface area contributed by atoms with Gasteiger partial charge in [0.15, 0.2) is 0 Å². The fraction of sp³-hybridized carbons (Fsp3) is 0. The van der Waals surface area contributed by atoms with E-state index in [1.54, 1.807) is 36.4 Å². The van der Waals surface area contributed by atoms with E-state index in [4.69, 9.17) is 46.4 Å². The lowest BCUT2D eigenvalue weighted by atomic mass is 10.3. The minimum atomic E-state index is 0.462. The number of hydrogen-bond donors (Lipinski definition) is 0. The molecule has 2 rings (SSSR count). The smallest absolute Gasteiger partial charge is 0.101 e. The number of benzene rings is 2. The van der Waals surface area contributed by atoms with Crippen LogP contribution < -0.4 is 0 Å². The Labute approximate surface area is 130 Å². The summed E-state index contributed by atoms with van der Waals surface area (Å²) in [6.07, 6.45) is 0. The molecule has 19 heavy (non-hydrogen) atoms. The van der Waals surface area contributed by atoms with Crippen LogP contribution in [0.15, 0.2) is 46.4 Å². The Morgan fingerprint density at radius 1 is 0.684 bits per heavy atom.